The maximum atomic E-state index is 9.22. The molecule has 1 unspecified atom stereocenters. The van der Waals surface area contributed by atoms with E-state index >= 15 is 0 Å². The summed E-state index contributed by atoms with van der Waals surface area (Å²) in [5, 5.41) is 12.4. The largest absolute Gasteiger partial charge is 0.394 e. The first-order chi connectivity index (χ1) is 6.83. The molecule has 1 atom stereocenters. The third kappa shape index (κ3) is 2.56. The number of hydrogen-bond acceptors (Lipinski definition) is 3. The van der Waals surface area contributed by atoms with Crippen molar-refractivity contribution in [3.05, 3.63) is 18.2 Å². The van der Waals surface area contributed by atoms with Gasteiger partial charge in [-0.2, -0.15) is 0 Å². The molecule has 0 fully saturated rings. The molecular weight excluding hydrogens is 178 g/mol. The molecule has 0 bridgehead atoms. The summed E-state index contributed by atoms with van der Waals surface area (Å²) in [6.07, 6.45) is 4.71. The number of hydrogen-bond donors (Lipinski definition) is 2. The summed E-state index contributed by atoms with van der Waals surface area (Å²) >= 11 is 0. The van der Waals surface area contributed by atoms with Gasteiger partial charge < -0.3 is 15.0 Å². The minimum atomic E-state index is 0.00838. The molecule has 0 amide bonds. The van der Waals surface area contributed by atoms with Gasteiger partial charge in [0.05, 0.1) is 24.7 Å². The van der Waals surface area contributed by atoms with Crippen LogP contribution in [0.15, 0.2) is 12.5 Å². The Bertz CT molecular complexity index is 260. The van der Waals surface area contributed by atoms with Gasteiger partial charge in [0.1, 0.15) is 0 Å². The van der Waals surface area contributed by atoms with Gasteiger partial charge in [0.2, 0.25) is 0 Å². The highest BCUT2D eigenvalue weighted by atomic mass is 16.3. The van der Waals surface area contributed by atoms with E-state index in [1.54, 1.807) is 0 Å². The van der Waals surface area contributed by atoms with Gasteiger partial charge in [0.25, 0.3) is 0 Å². The molecule has 4 nitrogen and oxygen atoms in total. The van der Waals surface area contributed by atoms with Crippen LogP contribution in [-0.4, -0.2) is 27.8 Å². The molecule has 0 aliphatic heterocycles. The maximum absolute atomic E-state index is 9.22. The number of aromatic nitrogens is 2. The van der Waals surface area contributed by atoms with Crippen molar-refractivity contribution in [2.75, 3.05) is 13.2 Å². The second-order valence-corrected chi connectivity index (χ2v) is 3.30. The highest BCUT2D eigenvalue weighted by Gasteiger charge is 2.12. The van der Waals surface area contributed by atoms with Crippen molar-refractivity contribution in [1.82, 2.24) is 14.9 Å². The second-order valence-electron chi connectivity index (χ2n) is 3.30. The zero-order chi connectivity index (χ0) is 10.4. The molecule has 0 radical (unpaired) electrons. The molecule has 0 saturated carbocycles. The molecule has 80 valence electrons. The van der Waals surface area contributed by atoms with Crippen LogP contribution in [0.25, 0.3) is 0 Å². The van der Waals surface area contributed by atoms with E-state index in [-0.39, 0.29) is 12.6 Å². The number of aliphatic hydroxyl groups is 1. The fourth-order valence-corrected chi connectivity index (χ4v) is 1.56. The predicted octanol–water partition coefficient (Wildman–Crippen LogP) is 0.936. The van der Waals surface area contributed by atoms with Crippen molar-refractivity contribution in [3.63, 3.8) is 0 Å². The average molecular weight is 197 g/mol. The van der Waals surface area contributed by atoms with Gasteiger partial charge in [-0.05, 0) is 13.0 Å². The Hall–Kier alpha value is -0.870. The number of aryl methyl sites for hydroxylation is 1. The first-order valence-electron chi connectivity index (χ1n) is 5.17. The van der Waals surface area contributed by atoms with Crippen LogP contribution in [0.3, 0.4) is 0 Å². The molecule has 1 rings (SSSR count). The molecule has 0 aromatic carbocycles. The van der Waals surface area contributed by atoms with Crippen LogP contribution < -0.4 is 5.32 Å². The van der Waals surface area contributed by atoms with Crippen LogP contribution in [0, 0.1) is 0 Å². The highest BCUT2D eigenvalue weighted by molar-refractivity contribution is 5.05. The second kappa shape index (κ2) is 5.78. The summed E-state index contributed by atoms with van der Waals surface area (Å²) in [5.74, 6) is 0. The predicted molar refractivity (Wildman–Crippen MR) is 56.0 cm³/mol. The third-order valence-electron chi connectivity index (χ3n) is 2.20. The normalized spacial score (nSPS) is 13.1. The smallest absolute Gasteiger partial charge is 0.0948 e. The van der Waals surface area contributed by atoms with E-state index < -0.39 is 0 Å². The van der Waals surface area contributed by atoms with Crippen LogP contribution in [-0.2, 0) is 6.54 Å². The van der Waals surface area contributed by atoms with Gasteiger partial charge in [-0.15, -0.1) is 0 Å². The lowest BCUT2D eigenvalue weighted by Gasteiger charge is -2.16. The van der Waals surface area contributed by atoms with Crippen LogP contribution >= 0.6 is 0 Å². The third-order valence-corrected chi connectivity index (χ3v) is 2.20. The fourth-order valence-electron chi connectivity index (χ4n) is 1.56. The fraction of sp³-hybridized carbons (Fsp3) is 0.700. The molecule has 1 heterocycles. The minimum absolute atomic E-state index is 0.00838. The molecule has 0 aliphatic carbocycles. The van der Waals surface area contributed by atoms with Crippen LogP contribution in [0.2, 0.25) is 0 Å². The standard InChI is InChI=1S/C10H19N3O/c1-3-5-13-8-11-6-10(13)9(7-14)12-4-2/h6,8-9,12,14H,3-5,7H2,1-2H3. The SMILES string of the molecule is CCCn1cncc1C(CO)NCC. The number of likely N-dealkylation sites (N-methyl/N-ethyl adjacent to an activating group) is 1. The molecule has 0 spiro atoms. The van der Waals surface area contributed by atoms with Crippen LogP contribution in [0.1, 0.15) is 32.0 Å². The van der Waals surface area contributed by atoms with E-state index in [2.05, 4.69) is 21.8 Å². The van der Waals surface area contributed by atoms with E-state index in [0.29, 0.717) is 0 Å². The van der Waals surface area contributed by atoms with Gasteiger partial charge in [-0.1, -0.05) is 13.8 Å². The molecule has 14 heavy (non-hydrogen) atoms. The van der Waals surface area contributed by atoms with Gasteiger partial charge >= 0.3 is 0 Å². The monoisotopic (exact) mass is 197 g/mol. The Morgan fingerprint density at radius 3 is 2.93 bits per heavy atom. The summed E-state index contributed by atoms with van der Waals surface area (Å²) < 4.78 is 2.09. The molecular formula is C10H19N3O. The van der Waals surface area contributed by atoms with Crippen molar-refractivity contribution < 1.29 is 5.11 Å². The Morgan fingerprint density at radius 1 is 1.57 bits per heavy atom. The summed E-state index contributed by atoms with van der Waals surface area (Å²) in [4.78, 5) is 4.10. The Kier molecular flexibility index (Phi) is 4.62. The Balaban J connectivity index is 2.74. The summed E-state index contributed by atoms with van der Waals surface area (Å²) in [5.41, 5.74) is 1.07. The number of nitrogens with zero attached hydrogens (tertiary/aromatic N) is 2. The first kappa shape index (κ1) is 11.2. The van der Waals surface area contributed by atoms with Crippen molar-refractivity contribution in [2.24, 2.45) is 0 Å². The number of nitrogens with one attached hydrogen (secondary N) is 1. The molecule has 4 heteroatoms. The lowest BCUT2D eigenvalue weighted by Crippen LogP contribution is -2.26. The quantitative estimate of drug-likeness (QED) is 0.713. The van der Waals surface area contributed by atoms with E-state index in [4.69, 9.17) is 0 Å². The Labute approximate surface area is 85.0 Å². The van der Waals surface area contributed by atoms with Crippen molar-refractivity contribution in [2.45, 2.75) is 32.9 Å². The zero-order valence-corrected chi connectivity index (χ0v) is 8.90. The molecule has 1 aromatic rings. The van der Waals surface area contributed by atoms with Gasteiger partial charge in [-0.25, -0.2) is 4.98 Å². The van der Waals surface area contributed by atoms with Crippen LogP contribution in [0.4, 0.5) is 0 Å². The lowest BCUT2D eigenvalue weighted by molar-refractivity contribution is 0.240. The van der Waals surface area contributed by atoms with Crippen molar-refractivity contribution in [1.29, 1.82) is 0 Å². The summed E-state index contributed by atoms with van der Waals surface area (Å²) in [6.45, 7) is 6.08. The molecule has 0 saturated heterocycles. The summed E-state index contributed by atoms with van der Waals surface area (Å²) in [7, 11) is 0. The van der Waals surface area contributed by atoms with E-state index in [1.807, 2.05) is 19.4 Å². The van der Waals surface area contributed by atoms with E-state index in [1.165, 1.54) is 0 Å². The van der Waals surface area contributed by atoms with E-state index in [0.717, 1.165) is 25.2 Å². The highest BCUT2D eigenvalue weighted by Crippen LogP contribution is 2.11. The van der Waals surface area contributed by atoms with Crippen LogP contribution in [0.5, 0.6) is 0 Å². The Morgan fingerprint density at radius 2 is 2.36 bits per heavy atom. The molecule has 2 N–H and O–H groups in total. The van der Waals surface area contributed by atoms with Crippen molar-refractivity contribution in [3.8, 4) is 0 Å². The van der Waals surface area contributed by atoms with E-state index in [9.17, 15) is 5.11 Å². The number of aliphatic hydroxyl groups excluding tert-OH is 1. The van der Waals surface area contributed by atoms with Gasteiger partial charge in [0, 0.05) is 12.7 Å². The lowest BCUT2D eigenvalue weighted by atomic mass is 10.2. The number of rotatable bonds is 6. The average Bonchev–Trinajstić information content (AvgIpc) is 2.63. The zero-order valence-electron chi connectivity index (χ0n) is 8.90. The maximum Gasteiger partial charge on any atom is 0.0948 e. The topological polar surface area (TPSA) is 50.1 Å². The summed E-state index contributed by atoms with van der Waals surface area (Å²) in [6, 6.07) is 0.00838. The van der Waals surface area contributed by atoms with Gasteiger partial charge in [-0.3, -0.25) is 0 Å². The molecule has 0 aliphatic rings. The minimum Gasteiger partial charge on any atom is -0.394 e. The first-order valence-corrected chi connectivity index (χ1v) is 5.17. The number of imidazole rings is 1. The molecule has 1 aromatic heterocycles. The van der Waals surface area contributed by atoms with Crippen molar-refractivity contribution >= 4 is 0 Å². The van der Waals surface area contributed by atoms with Gasteiger partial charge in [0.15, 0.2) is 0 Å².